The van der Waals surface area contributed by atoms with E-state index in [2.05, 4.69) is 67.7 Å². The first-order chi connectivity index (χ1) is 15.7. The molecule has 0 saturated heterocycles. The lowest BCUT2D eigenvalue weighted by molar-refractivity contribution is -0.166. The topological polar surface area (TPSA) is 76.0 Å². The van der Waals surface area contributed by atoms with Gasteiger partial charge in [-0.2, -0.15) is 0 Å². The van der Waals surface area contributed by atoms with Gasteiger partial charge in [-0.05, 0) is 45.4 Å². The van der Waals surface area contributed by atoms with E-state index in [-0.39, 0.29) is 0 Å². The fourth-order valence-electron chi connectivity index (χ4n) is 2.55. The van der Waals surface area contributed by atoms with Gasteiger partial charge in [-0.15, -0.1) is 0 Å². The summed E-state index contributed by atoms with van der Waals surface area (Å²) in [5, 5.41) is 18.0. The summed E-state index contributed by atoms with van der Waals surface area (Å²) < 4.78 is 10.4. The molecule has 32 heavy (non-hydrogen) atoms. The first-order valence-electron chi connectivity index (χ1n) is 11.6. The predicted molar refractivity (Wildman–Crippen MR) is 132 cm³/mol. The summed E-state index contributed by atoms with van der Waals surface area (Å²) in [6, 6.07) is 0. The van der Waals surface area contributed by atoms with E-state index < -0.39 is 31.4 Å². The second-order valence-electron chi connectivity index (χ2n) is 7.02. The maximum absolute atomic E-state index is 12.0. The molecule has 0 bridgehead atoms. The van der Waals surface area contributed by atoms with Crippen LogP contribution in [-0.4, -0.2) is 48.2 Å². The summed E-state index contributed by atoms with van der Waals surface area (Å²) in [4.78, 5) is 12.0. The van der Waals surface area contributed by atoms with Crippen LogP contribution in [0, 0.1) is 0 Å². The van der Waals surface area contributed by atoms with Crippen LogP contribution in [-0.2, 0) is 14.3 Å². The normalized spacial score (nSPS) is 13.9. The Bertz CT molecular complexity index is 610. The zero-order chi connectivity index (χ0) is 23.7. The van der Waals surface area contributed by atoms with Crippen LogP contribution in [0.1, 0.15) is 58.8 Å². The Hall–Kier alpha value is -2.21. The smallest absolute Gasteiger partial charge is 0.336 e. The number of aliphatic hydroxyl groups is 2. The van der Waals surface area contributed by atoms with E-state index in [1.807, 2.05) is 12.2 Å². The van der Waals surface area contributed by atoms with E-state index >= 15 is 0 Å². The summed E-state index contributed by atoms with van der Waals surface area (Å²) in [6.07, 6.45) is 29.9. The predicted octanol–water partition coefficient (Wildman–Crippen LogP) is 5.38. The quantitative estimate of drug-likeness (QED) is 0.206. The highest BCUT2D eigenvalue weighted by Crippen LogP contribution is 2.06. The molecule has 0 aromatic carbocycles. The molecule has 0 aromatic rings. The number of rotatable bonds is 19. The van der Waals surface area contributed by atoms with Gasteiger partial charge in [-0.1, -0.05) is 79.8 Å². The minimum Gasteiger partial charge on any atom is -0.456 e. The minimum atomic E-state index is -0.907. The molecule has 0 aromatic heterocycles. The summed E-state index contributed by atoms with van der Waals surface area (Å²) in [6.45, 7) is 3.49. The second kappa shape index (κ2) is 23.5. The van der Waals surface area contributed by atoms with Gasteiger partial charge in [-0.25, -0.2) is 4.79 Å². The molecule has 180 valence electrons. The largest absolute Gasteiger partial charge is 0.456 e. The molecule has 0 aliphatic rings. The number of carbonyl (C=O) groups excluding carboxylic acids is 1. The molecule has 0 spiro atoms. The molecule has 1 atom stereocenters. The molecule has 0 aliphatic heterocycles. The molecular weight excluding hydrogens is 404 g/mol. The molecule has 0 saturated carbocycles. The van der Waals surface area contributed by atoms with Crippen molar-refractivity contribution >= 4 is 5.97 Å². The molecule has 0 fully saturated rings. The Balaban J connectivity index is 3.98. The summed E-state index contributed by atoms with van der Waals surface area (Å²) in [7, 11) is 0. The van der Waals surface area contributed by atoms with Crippen LogP contribution in [0.3, 0.4) is 0 Å². The fraction of sp³-hybridized carbons (Fsp3) is 0.519. The monoisotopic (exact) mass is 446 g/mol. The van der Waals surface area contributed by atoms with Crippen molar-refractivity contribution in [3.63, 3.8) is 0 Å². The fourth-order valence-corrected chi connectivity index (χ4v) is 2.55. The van der Waals surface area contributed by atoms with Crippen molar-refractivity contribution in [3.8, 4) is 0 Å². The molecule has 5 nitrogen and oxygen atoms in total. The standard InChI is InChI=1S/C27H42O5/c1-3-5-6-7-8-9-10-11-12-13-14-15-16-17-18-19-20-21-22-26(31-4-2)27(30)32-25(23-28)24-29/h5-6,8-9,11-12,14-15,17-18,20-21,25-26,28-29H,3-4,7,10,13,16,19,22-24H2,1-2H3/b6-5-,9-8-,12-11-,15-14-,18-17-,21-20-. The highest BCUT2D eigenvalue weighted by molar-refractivity contribution is 5.75. The van der Waals surface area contributed by atoms with Gasteiger partial charge < -0.3 is 19.7 Å². The van der Waals surface area contributed by atoms with Gasteiger partial charge in [0.2, 0.25) is 0 Å². The van der Waals surface area contributed by atoms with E-state index in [4.69, 9.17) is 19.7 Å². The number of carbonyl (C=O) groups is 1. The van der Waals surface area contributed by atoms with Crippen molar-refractivity contribution in [3.05, 3.63) is 72.9 Å². The Morgan fingerprint density at radius 2 is 1.09 bits per heavy atom. The highest BCUT2D eigenvalue weighted by atomic mass is 16.6. The summed E-state index contributed by atoms with van der Waals surface area (Å²) >= 11 is 0. The molecule has 0 rings (SSSR count). The van der Waals surface area contributed by atoms with Crippen LogP contribution >= 0.6 is 0 Å². The first kappa shape index (κ1) is 29.8. The van der Waals surface area contributed by atoms with Crippen molar-refractivity contribution in [1.82, 2.24) is 0 Å². The van der Waals surface area contributed by atoms with E-state index in [0.29, 0.717) is 13.0 Å². The van der Waals surface area contributed by atoms with Crippen LogP contribution in [0.2, 0.25) is 0 Å². The lowest BCUT2D eigenvalue weighted by Gasteiger charge is -2.18. The Kier molecular flexibility index (Phi) is 21.8. The number of aliphatic hydroxyl groups excluding tert-OH is 2. The van der Waals surface area contributed by atoms with Gasteiger partial charge in [-0.3, -0.25) is 0 Å². The van der Waals surface area contributed by atoms with Gasteiger partial charge in [0.05, 0.1) is 13.2 Å². The van der Waals surface area contributed by atoms with Crippen molar-refractivity contribution in [2.75, 3.05) is 19.8 Å². The minimum absolute atomic E-state index is 0.380. The molecule has 1 unspecified atom stereocenters. The summed E-state index contributed by atoms with van der Waals surface area (Å²) in [5.74, 6) is -0.570. The van der Waals surface area contributed by atoms with Crippen molar-refractivity contribution in [2.45, 2.75) is 71.0 Å². The lowest BCUT2D eigenvalue weighted by Crippen LogP contribution is -2.33. The lowest BCUT2D eigenvalue weighted by atomic mass is 10.2. The molecular formula is C27H42O5. The third-order valence-corrected chi connectivity index (χ3v) is 4.27. The SMILES string of the molecule is CC/C=C\C/C=C\C/C=C\C/C=C\C/C=C\C/C=C\CC(OCC)C(=O)OC(CO)CO. The third kappa shape index (κ3) is 18.6. The molecule has 2 N–H and O–H groups in total. The zero-order valence-corrected chi connectivity index (χ0v) is 19.8. The van der Waals surface area contributed by atoms with E-state index in [0.717, 1.165) is 38.5 Å². The average molecular weight is 447 g/mol. The van der Waals surface area contributed by atoms with Crippen LogP contribution in [0.25, 0.3) is 0 Å². The van der Waals surface area contributed by atoms with Crippen LogP contribution in [0.15, 0.2) is 72.9 Å². The molecule has 0 heterocycles. The van der Waals surface area contributed by atoms with Crippen LogP contribution in [0.4, 0.5) is 0 Å². The van der Waals surface area contributed by atoms with Crippen molar-refractivity contribution in [2.24, 2.45) is 0 Å². The molecule has 5 heteroatoms. The zero-order valence-electron chi connectivity index (χ0n) is 19.8. The van der Waals surface area contributed by atoms with E-state index in [1.165, 1.54) is 0 Å². The molecule has 0 amide bonds. The first-order valence-corrected chi connectivity index (χ1v) is 11.6. The average Bonchev–Trinajstić information content (AvgIpc) is 2.80. The van der Waals surface area contributed by atoms with Gasteiger partial charge in [0.15, 0.2) is 6.10 Å². The molecule has 0 radical (unpaired) electrons. The summed E-state index contributed by atoms with van der Waals surface area (Å²) in [5.41, 5.74) is 0. The molecule has 0 aliphatic carbocycles. The van der Waals surface area contributed by atoms with E-state index in [1.54, 1.807) is 6.92 Å². The number of hydrogen-bond acceptors (Lipinski definition) is 5. The number of hydrogen-bond donors (Lipinski definition) is 2. The highest BCUT2D eigenvalue weighted by Gasteiger charge is 2.22. The van der Waals surface area contributed by atoms with Crippen LogP contribution < -0.4 is 0 Å². The maximum Gasteiger partial charge on any atom is 0.336 e. The van der Waals surface area contributed by atoms with E-state index in [9.17, 15) is 4.79 Å². The Morgan fingerprint density at radius 3 is 1.47 bits per heavy atom. The van der Waals surface area contributed by atoms with Gasteiger partial charge >= 0.3 is 5.97 Å². The second-order valence-corrected chi connectivity index (χ2v) is 7.02. The maximum atomic E-state index is 12.0. The van der Waals surface area contributed by atoms with Gasteiger partial charge in [0.25, 0.3) is 0 Å². The number of ether oxygens (including phenoxy) is 2. The Morgan fingerprint density at radius 1 is 0.688 bits per heavy atom. The number of esters is 1. The third-order valence-electron chi connectivity index (χ3n) is 4.27. The Labute approximate surface area is 194 Å². The number of allylic oxidation sites excluding steroid dienone is 11. The van der Waals surface area contributed by atoms with Crippen LogP contribution in [0.5, 0.6) is 0 Å². The van der Waals surface area contributed by atoms with Gasteiger partial charge in [0, 0.05) is 13.0 Å². The van der Waals surface area contributed by atoms with Crippen molar-refractivity contribution < 1.29 is 24.5 Å². The van der Waals surface area contributed by atoms with Crippen molar-refractivity contribution in [1.29, 1.82) is 0 Å². The van der Waals surface area contributed by atoms with Gasteiger partial charge in [0.1, 0.15) is 6.10 Å².